The molecule has 120 valence electrons. The molecule has 1 aliphatic rings. The van der Waals surface area contributed by atoms with E-state index in [2.05, 4.69) is 0 Å². The van der Waals surface area contributed by atoms with E-state index in [1.165, 1.54) is 0 Å². The molecule has 20 heavy (non-hydrogen) atoms. The molecule has 1 rings (SSSR count). The summed E-state index contributed by atoms with van der Waals surface area (Å²) in [5.41, 5.74) is -0.350. The van der Waals surface area contributed by atoms with Gasteiger partial charge in [0.15, 0.2) is 6.29 Å². The first-order chi connectivity index (χ1) is 9.37. The molecule has 5 atom stereocenters. The van der Waals surface area contributed by atoms with Crippen molar-refractivity contribution in [1.82, 2.24) is 0 Å². The van der Waals surface area contributed by atoms with Gasteiger partial charge >= 0.3 is 0 Å². The Balaban J connectivity index is 2.94. The Morgan fingerprint density at radius 3 is 1.80 bits per heavy atom. The fourth-order valence-electron chi connectivity index (χ4n) is 2.42. The highest BCUT2D eigenvalue weighted by Crippen LogP contribution is 2.30. The number of hydrogen-bond donors (Lipinski definition) is 0. The molecule has 1 aliphatic heterocycles. The van der Waals surface area contributed by atoms with Crippen LogP contribution in [0.15, 0.2) is 0 Å². The summed E-state index contributed by atoms with van der Waals surface area (Å²) in [6.07, 6.45) is -1.72. The van der Waals surface area contributed by atoms with Crippen molar-refractivity contribution in [2.45, 2.75) is 57.1 Å². The standard InChI is InChI=1S/C14H28O6/c1-14(2,3)20-13-12(18-7)11(17-6)10(16-5)9(19-13)8-15-4/h9-13H,8H2,1-7H3/t9-,10-,11+,12-,13-/m1/s1. The molecule has 0 aromatic heterocycles. The van der Waals surface area contributed by atoms with Gasteiger partial charge < -0.3 is 28.4 Å². The summed E-state index contributed by atoms with van der Waals surface area (Å²) in [6.45, 7) is 6.31. The lowest BCUT2D eigenvalue weighted by atomic mass is 9.98. The molecule has 1 saturated heterocycles. The van der Waals surface area contributed by atoms with Gasteiger partial charge in [-0.25, -0.2) is 0 Å². The van der Waals surface area contributed by atoms with Gasteiger partial charge in [-0.05, 0) is 20.8 Å². The SMILES string of the molecule is COC[C@H]1O[C@H](OC(C)(C)C)[C@H](OC)[C@@H](OC)[C@@H]1OC. The first-order valence-electron chi connectivity index (χ1n) is 6.78. The van der Waals surface area contributed by atoms with Crippen LogP contribution in [-0.4, -0.2) is 71.4 Å². The molecule has 0 unspecified atom stereocenters. The molecule has 0 aromatic carbocycles. The molecule has 0 N–H and O–H groups in total. The molecule has 6 nitrogen and oxygen atoms in total. The maximum atomic E-state index is 5.96. The van der Waals surface area contributed by atoms with Crippen molar-refractivity contribution in [3.05, 3.63) is 0 Å². The lowest BCUT2D eigenvalue weighted by Crippen LogP contribution is -2.62. The molecule has 0 bridgehead atoms. The van der Waals surface area contributed by atoms with Crippen molar-refractivity contribution in [1.29, 1.82) is 0 Å². The molecule has 1 heterocycles. The minimum Gasteiger partial charge on any atom is -0.382 e. The van der Waals surface area contributed by atoms with Gasteiger partial charge in [0, 0.05) is 28.4 Å². The van der Waals surface area contributed by atoms with E-state index in [0.717, 1.165) is 0 Å². The van der Waals surface area contributed by atoms with E-state index in [-0.39, 0.29) is 30.0 Å². The Morgan fingerprint density at radius 2 is 1.40 bits per heavy atom. The summed E-state index contributed by atoms with van der Waals surface area (Å²) in [5, 5.41) is 0. The van der Waals surface area contributed by atoms with Crippen LogP contribution in [0.2, 0.25) is 0 Å². The Labute approximate surface area is 121 Å². The molecule has 6 heteroatoms. The van der Waals surface area contributed by atoms with Crippen molar-refractivity contribution in [3.63, 3.8) is 0 Å². The van der Waals surface area contributed by atoms with Gasteiger partial charge in [-0.1, -0.05) is 0 Å². The molecule has 0 saturated carbocycles. The summed E-state index contributed by atoms with van der Waals surface area (Å²) in [5.74, 6) is 0. The van der Waals surface area contributed by atoms with Crippen LogP contribution < -0.4 is 0 Å². The summed E-state index contributed by atoms with van der Waals surface area (Å²) < 4.78 is 33.7. The highest BCUT2D eigenvalue weighted by Gasteiger charge is 2.48. The molecular weight excluding hydrogens is 264 g/mol. The summed E-state index contributed by atoms with van der Waals surface area (Å²) >= 11 is 0. The molecule has 0 radical (unpaired) electrons. The van der Waals surface area contributed by atoms with Gasteiger partial charge in [-0.2, -0.15) is 0 Å². The zero-order valence-electron chi connectivity index (χ0n) is 13.5. The van der Waals surface area contributed by atoms with Crippen molar-refractivity contribution < 1.29 is 28.4 Å². The first-order valence-corrected chi connectivity index (χ1v) is 6.78. The zero-order chi connectivity index (χ0) is 15.3. The minimum atomic E-state index is -0.531. The number of hydrogen-bond acceptors (Lipinski definition) is 6. The van der Waals surface area contributed by atoms with Gasteiger partial charge in [0.25, 0.3) is 0 Å². The highest BCUT2D eigenvalue weighted by atomic mass is 16.7. The second-order valence-electron chi connectivity index (χ2n) is 5.83. The molecule has 0 aliphatic carbocycles. The second kappa shape index (κ2) is 7.68. The van der Waals surface area contributed by atoms with Crippen LogP contribution in [0, 0.1) is 0 Å². The Morgan fingerprint density at radius 1 is 0.850 bits per heavy atom. The van der Waals surface area contributed by atoms with E-state index in [9.17, 15) is 0 Å². The van der Waals surface area contributed by atoms with Gasteiger partial charge in [-0.3, -0.25) is 0 Å². The average molecular weight is 292 g/mol. The fourth-order valence-corrected chi connectivity index (χ4v) is 2.42. The van der Waals surface area contributed by atoms with Crippen LogP contribution in [0.1, 0.15) is 20.8 Å². The van der Waals surface area contributed by atoms with Crippen LogP contribution in [0.4, 0.5) is 0 Å². The van der Waals surface area contributed by atoms with Crippen LogP contribution in [-0.2, 0) is 28.4 Å². The number of methoxy groups -OCH3 is 4. The maximum Gasteiger partial charge on any atom is 0.187 e. The van der Waals surface area contributed by atoms with E-state index >= 15 is 0 Å². The largest absolute Gasteiger partial charge is 0.382 e. The van der Waals surface area contributed by atoms with Crippen molar-refractivity contribution in [2.24, 2.45) is 0 Å². The van der Waals surface area contributed by atoms with Gasteiger partial charge in [0.2, 0.25) is 0 Å². The van der Waals surface area contributed by atoms with E-state index in [1.54, 1.807) is 28.4 Å². The molecule has 0 amide bonds. The van der Waals surface area contributed by atoms with Crippen LogP contribution in [0.25, 0.3) is 0 Å². The lowest BCUT2D eigenvalue weighted by Gasteiger charge is -2.46. The third kappa shape index (κ3) is 4.38. The lowest BCUT2D eigenvalue weighted by molar-refractivity contribution is -0.331. The quantitative estimate of drug-likeness (QED) is 0.733. The third-order valence-corrected chi connectivity index (χ3v) is 3.21. The van der Waals surface area contributed by atoms with E-state index in [1.807, 2.05) is 20.8 Å². The molecule has 0 aromatic rings. The third-order valence-electron chi connectivity index (χ3n) is 3.21. The second-order valence-corrected chi connectivity index (χ2v) is 5.83. The normalized spacial score (nSPS) is 35.2. The van der Waals surface area contributed by atoms with Crippen molar-refractivity contribution >= 4 is 0 Å². The zero-order valence-corrected chi connectivity index (χ0v) is 13.5. The average Bonchev–Trinajstić information content (AvgIpc) is 2.36. The Hall–Kier alpha value is -0.240. The maximum absolute atomic E-state index is 5.96. The fraction of sp³-hybridized carbons (Fsp3) is 1.00. The predicted molar refractivity (Wildman–Crippen MR) is 73.8 cm³/mol. The molecule has 0 spiro atoms. The van der Waals surface area contributed by atoms with E-state index in [4.69, 9.17) is 28.4 Å². The molecule has 1 fully saturated rings. The minimum absolute atomic E-state index is 0.270. The van der Waals surface area contributed by atoms with Gasteiger partial charge in [-0.15, -0.1) is 0 Å². The van der Waals surface area contributed by atoms with E-state index < -0.39 is 6.29 Å². The van der Waals surface area contributed by atoms with Crippen molar-refractivity contribution in [3.8, 4) is 0 Å². The number of ether oxygens (including phenoxy) is 6. The molecular formula is C14H28O6. The summed E-state index contributed by atoms with van der Waals surface area (Å²) in [7, 11) is 6.49. The van der Waals surface area contributed by atoms with Crippen LogP contribution >= 0.6 is 0 Å². The van der Waals surface area contributed by atoms with Gasteiger partial charge in [0.1, 0.15) is 24.4 Å². The Kier molecular flexibility index (Phi) is 6.84. The first kappa shape index (κ1) is 17.8. The predicted octanol–water partition coefficient (Wildman–Crippen LogP) is 1.22. The smallest absolute Gasteiger partial charge is 0.187 e. The monoisotopic (exact) mass is 292 g/mol. The van der Waals surface area contributed by atoms with Crippen molar-refractivity contribution in [2.75, 3.05) is 35.0 Å². The number of rotatable bonds is 6. The van der Waals surface area contributed by atoms with Crippen LogP contribution in [0.3, 0.4) is 0 Å². The van der Waals surface area contributed by atoms with Gasteiger partial charge in [0.05, 0.1) is 12.2 Å². The Bertz CT molecular complexity index is 277. The topological polar surface area (TPSA) is 55.4 Å². The highest BCUT2D eigenvalue weighted by molar-refractivity contribution is 4.92. The summed E-state index contributed by atoms with van der Waals surface area (Å²) in [4.78, 5) is 0. The summed E-state index contributed by atoms with van der Waals surface area (Å²) in [6, 6.07) is 0. The van der Waals surface area contributed by atoms with Crippen LogP contribution in [0.5, 0.6) is 0 Å². The van der Waals surface area contributed by atoms with E-state index in [0.29, 0.717) is 6.61 Å².